The first-order valence-corrected chi connectivity index (χ1v) is 8.26. The minimum Gasteiger partial charge on any atom is -0.480 e. The zero-order valence-electron chi connectivity index (χ0n) is 12.9. The lowest BCUT2D eigenvalue weighted by Crippen LogP contribution is -2.38. The predicted molar refractivity (Wildman–Crippen MR) is 96.7 cm³/mol. The fourth-order valence-electron chi connectivity index (χ4n) is 3.51. The van der Waals surface area contributed by atoms with Crippen LogP contribution in [0.1, 0.15) is 11.1 Å². The quantitative estimate of drug-likeness (QED) is 0.764. The van der Waals surface area contributed by atoms with E-state index in [1.807, 2.05) is 41.3 Å². The molecular weight excluding hydrogens is 322 g/mol. The lowest BCUT2D eigenvalue weighted by Gasteiger charge is -2.25. The van der Waals surface area contributed by atoms with Gasteiger partial charge in [-0.2, -0.15) is 0 Å². The fraction of sp³-hybridized carbons (Fsp3) is 0.150. The normalized spacial score (nSPS) is 16.4. The third kappa shape index (κ3) is 2.51. The van der Waals surface area contributed by atoms with E-state index in [4.69, 9.17) is 11.6 Å². The standard InChI is InChI=1S/C20H16ClNO2/c21-16-8-9-18-15(10-16)11-19(20(23)24)22(18)12-14-6-3-5-13-4-1-2-7-17(13)14/h1-10,19H,11-12H2,(H,23,24). The summed E-state index contributed by atoms with van der Waals surface area (Å²) in [6.07, 6.45) is 0.482. The number of aliphatic carboxylic acids is 1. The number of benzene rings is 3. The van der Waals surface area contributed by atoms with Crippen molar-refractivity contribution in [3.63, 3.8) is 0 Å². The molecule has 24 heavy (non-hydrogen) atoms. The van der Waals surface area contributed by atoms with Gasteiger partial charge in [-0.25, -0.2) is 4.79 Å². The smallest absolute Gasteiger partial charge is 0.326 e. The molecule has 1 aliphatic heterocycles. The maximum atomic E-state index is 11.7. The van der Waals surface area contributed by atoms with Gasteiger partial charge in [-0.05, 0) is 40.1 Å². The van der Waals surface area contributed by atoms with Crippen LogP contribution in [0.3, 0.4) is 0 Å². The number of rotatable bonds is 3. The molecule has 4 rings (SSSR count). The first kappa shape index (κ1) is 15.0. The molecule has 3 aromatic carbocycles. The maximum absolute atomic E-state index is 11.7. The third-order valence-corrected chi connectivity index (χ3v) is 4.88. The van der Waals surface area contributed by atoms with E-state index in [-0.39, 0.29) is 0 Å². The summed E-state index contributed by atoms with van der Waals surface area (Å²) in [5, 5.41) is 12.6. The van der Waals surface area contributed by atoms with Crippen molar-refractivity contribution in [2.45, 2.75) is 19.0 Å². The molecule has 1 unspecified atom stereocenters. The van der Waals surface area contributed by atoms with Gasteiger partial charge in [-0.15, -0.1) is 0 Å². The molecule has 0 bridgehead atoms. The van der Waals surface area contributed by atoms with Gasteiger partial charge in [0.15, 0.2) is 0 Å². The summed E-state index contributed by atoms with van der Waals surface area (Å²) >= 11 is 6.07. The highest BCUT2D eigenvalue weighted by atomic mass is 35.5. The van der Waals surface area contributed by atoms with Crippen LogP contribution in [0.4, 0.5) is 5.69 Å². The van der Waals surface area contributed by atoms with Gasteiger partial charge in [0, 0.05) is 23.7 Å². The number of halogens is 1. The zero-order valence-corrected chi connectivity index (χ0v) is 13.7. The van der Waals surface area contributed by atoms with E-state index in [0.717, 1.165) is 27.6 Å². The van der Waals surface area contributed by atoms with Crippen molar-refractivity contribution < 1.29 is 9.90 Å². The monoisotopic (exact) mass is 337 g/mol. The van der Waals surface area contributed by atoms with E-state index in [2.05, 4.69) is 24.3 Å². The molecule has 120 valence electrons. The van der Waals surface area contributed by atoms with Crippen LogP contribution in [0.15, 0.2) is 60.7 Å². The van der Waals surface area contributed by atoms with Crippen LogP contribution in [-0.2, 0) is 17.8 Å². The van der Waals surface area contributed by atoms with Crippen molar-refractivity contribution in [3.8, 4) is 0 Å². The average molecular weight is 338 g/mol. The number of anilines is 1. The Labute approximate surface area is 145 Å². The van der Waals surface area contributed by atoms with Crippen LogP contribution >= 0.6 is 11.6 Å². The Morgan fingerprint density at radius 3 is 2.75 bits per heavy atom. The Kier molecular flexibility index (Phi) is 3.66. The number of hydrogen-bond donors (Lipinski definition) is 1. The molecule has 0 saturated heterocycles. The summed E-state index contributed by atoms with van der Waals surface area (Å²) in [5.74, 6) is -0.803. The molecular formula is C20H16ClNO2. The lowest BCUT2D eigenvalue weighted by atomic mass is 10.0. The zero-order chi connectivity index (χ0) is 16.7. The molecule has 0 radical (unpaired) electrons. The fourth-order valence-corrected chi connectivity index (χ4v) is 3.71. The second-order valence-corrected chi connectivity index (χ2v) is 6.53. The molecule has 0 fully saturated rings. The molecule has 3 nitrogen and oxygen atoms in total. The van der Waals surface area contributed by atoms with Crippen LogP contribution in [0, 0.1) is 0 Å². The summed E-state index contributed by atoms with van der Waals surface area (Å²) in [7, 11) is 0. The van der Waals surface area contributed by atoms with Crippen LogP contribution in [-0.4, -0.2) is 17.1 Å². The maximum Gasteiger partial charge on any atom is 0.326 e. The van der Waals surface area contributed by atoms with Crippen molar-refractivity contribution >= 4 is 34.0 Å². The van der Waals surface area contributed by atoms with E-state index in [9.17, 15) is 9.90 Å². The van der Waals surface area contributed by atoms with E-state index in [0.29, 0.717) is 18.0 Å². The van der Waals surface area contributed by atoms with Gasteiger partial charge >= 0.3 is 5.97 Å². The highest BCUT2D eigenvalue weighted by Crippen LogP contribution is 2.36. The molecule has 3 aromatic rings. The molecule has 0 amide bonds. The van der Waals surface area contributed by atoms with Crippen molar-refractivity contribution in [1.82, 2.24) is 0 Å². The van der Waals surface area contributed by atoms with Crippen molar-refractivity contribution in [2.24, 2.45) is 0 Å². The number of carbonyl (C=O) groups is 1. The van der Waals surface area contributed by atoms with Crippen molar-refractivity contribution in [1.29, 1.82) is 0 Å². The Bertz CT molecular complexity index is 933. The molecule has 0 spiro atoms. The SMILES string of the molecule is O=C(O)C1Cc2cc(Cl)ccc2N1Cc1cccc2ccccc12. The number of carboxylic acids is 1. The molecule has 4 heteroatoms. The highest BCUT2D eigenvalue weighted by molar-refractivity contribution is 6.30. The molecule has 0 aromatic heterocycles. The van der Waals surface area contributed by atoms with Gasteiger partial charge in [0.1, 0.15) is 6.04 Å². The Balaban J connectivity index is 1.78. The van der Waals surface area contributed by atoms with E-state index in [1.165, 1.54) is 0 Å². The highest BCUT2D eigenvalue weighted by Gasteiger charge is 2.34. The minimum atomic E-state index is -0.803. The minimum absolute atomic E-state index is 0.482. The molecule has 1 atom stereocenters. The summed E-state index contributed by atoms with van der Waals surface area (Å²) < 4.78 is 0. The van der Waals surface area contributed by atoms with Gasteiger partial charge in [0.25, 0.3) is 0 Å². The van der Waals surface area contributed by atoms with Gasteiger partial charge in [-0.3, -0.25) is 0 Å². The van der Waals surface area contributed by atoms with Crippen molar-refractivity contribution in [3.05, 3.63) is 76.8 Å². The first-order valence-electron chi connectivity index (χ1n) is 7.88. The summed E-state index contributed by atoms with van der Waals surface area (Å²) in [6, 6.07) is 19.4. The summed E-state index contributed by atoms with van der Waals surface area (Å²) in [4.78, 5) is 13.7. The number of fused-ring (bicyclic) bond motifs is 2. The number of nitrogens with zero attached hydrogens (tertiary/aromatic N) is 1. The molecule has 1 N–H and O–H groups in total. The van der Waals surface area contributed by atoms with Crippen LogP contribution < -0.4 is 4.90 Å². The van der Waals surface area contributed by atoms with Crippen LogP contribution in [0.25, 0.3) is 10.8 Å². The van der Waals surface area contributed by atoms with Gasteiger partial charge < -0.3 is 10.0 Å². The topological polar surface area (TPSA) is 40.5 Å². The van der Waals surface area contributed by atoms with Crippen LogP contribution in [0.5, 0.6) is 0 Å². The van der Waals surface area contributed by atoms with E-state index in [1.54, 1.807) is 0 Å². The molecule has 1 aliphatic rings. The number of hydrogen-bond acceptors (Lipinski definition) is 2. The third-order valence-electron chi connectivity index (χ3n) is 4.65. The number of carboxylic acid groups (broad SMARTS) is 1. The predicted octanol–water partition coefficient (Wildman–Crippen LogP) is 4.51. The Morgan fingerprint density at radius 1 is 1.12 bits per heavy atom. The van der Waals surface area contributed by atoms with Gasteiger partial charge in [0.05, 0.1) is 0 Å². The van der Waals surface area contributed by atoms with Gasteiger partial charge in [0.2, 0.25) is 0 Å². The second-order valence-electron chi connectivity index (χ2n) is 6.10. The molecule has 0 saturated carbocycles. The Morgan fingerprint density at radius 2 is 1.92 bits per heavy atom. The van der Waals surface area contributed by atoms with E-state index < -0.39 is 12.0 Å². The summed E-state index contributed by atoms with van der Waals surface area (Å²) in [5.41, 5.74) is 3.08. The molecule has 0 aliphatic carbocycles. The first-order chi connectivity index (χ1) is 11.6. The largest absolute Gasteiger partial charge is 0.480 e. The van der Waals surface area contributed by atoms with Crippen molar-refractivity contribution in [2.75, 3.05) is 4.90 Å². The van der Waals surface area contributed by atoms with E-state index >= 15 is 0 Å². The average Bonchev–Trinajstić information content (AvgIpc) is 2.93. The lowest BCUT2D eigenvalue weighted by molar-refractivity contribution is -0.138. The van der Waals surface area contributed by atoms with Crippen LogP contribution in [0.2, 0.25) is 5.02 Å². The van der Waals surface area contributed by atoms with Gasteiger partial charge in [-0.1, -0.05) is 54.1 Å². The molecule has 1 heterocycles. The Hall–Kier alpha value is -2.52. The second kappa shape index (κ2) is 5.84. The summed E-state index contributed by atoms with van der Waals surface area (Å²) in [6.45, 7) is 0.562.